The summed E-state index contributed by atoms with van der Waals surface area (Å²) < 4.78 is 23.0. The quantitative estimate of drug-likeness (QED) is 0.841. The van der Waals surface area contributed by atoms with E-state index >= 15 is 0 Å². The zero-order chi connectivity index (χ0) is 16.0. The number of hydrogen-bond donors (Lipinski definition) is 1. The summed E-state index contributed by atoms with van der Waals surface area (Å²) in [6.07, 6.45) is 4.19. The average Bonchev–Trinajstić information content (AvgIpc) is 2.52. The smallest absolute Gasteiger partial charge is 0.317 e. The van der Waals surface area contributed by atoms with Crippen molar-refractivity contribution in [2.45, 2.75) is 30.9 Å². The summed E-state index contributed by atoms with van der Waals surface area (Å²) in [7, 11) is -2.98. The molecule has 0 aromatic heterocycles. The highest BCUT2D eigenvalue weighted by Gasteiger charge is 2.28. The summed E-state index contributed by atoms with van der Waals surface area (Å²) >= 11 is 0. The van der Waals surface area contributed by atoms with Crippen LogP contribution in [0.15, 0.2) is 30.3 Å². The van der Waals surface area contributed by atoms with Crippen molar-refractivity contribution in [3.8, 4) is 0 Å². The number of amides is 2. The van der Waals surface area contributed by atoms with Crippen LogP contribution in [0.2, 0.25) is 0 Å². The number of rotatable bonds is 5. The van der Waals surface area contributed by atoms with Gasteiger partial charge in [-0.3, -0.25) is 0 Å². The maximum Gasteiger partial charge on any atom is 0.317 e. The van der Waals surface area contributed by atoms with Gasteiger partial charge in [0.15, 0.2) is 0 Å². The van der Waals surface area contributed by atoms with Crippen molar-refractivity contribution < 1.29 is 13.2 Å². The monoisotopic (exact) mass is 324 g/mol. The molecule has 1 saturated heterocycles. The number of carbonyl (C=O) groups is 1. The predicted molar refractivity (Wildman–Crippen MR) is 87.6 cm³/mol. The molecule has 2 amide bonds. The zero-order valence-corrected chi connectivity index (χ0v) is 13.8. The minimum atomic E-state index is -2.98. The molecule has 0 unspecified atom stereocenters. The number of carbonyl (C=O) groups excluding carboxylic acids is 1. The van der Waals surface area contributed by atoms with Crippen LogP contribution < -0.4 is 5.32 Å². The van der Waals surface area contributed by atoms with E-state index in [-0.39, 0.29) is 11.3 Å². The molecule has 0 spiro atoms. The summed E-state index contributed by atoms with van der Waals surface area (Å²) in [6.45, 7) is 1.67. The number of piperidine rings is 1. The predicted octanol–water partition coefficient (Wildman–Crippen LogP) is 1.84. The second-order valence-corrected chi connectivity index (χ2v) is 8.16. The van der Waals surface area contributed by atoms with Crippen LogP contribution in [-0.4, -0.2) is 50.5 Å². The summed E-state index contributed by atoms with van der Waals surface area (Å²) in [4.78, 5) is 13.7. The van der Waals surface area contributed by atoms with Gasteiger partial charge in [-0.05, 0) is 31.2 Å². The lowest BCUT2D eigenvalue weighted by atomic mass is 10.1. The minimum Gasteiger partial charge on any atom is -0.338 e. The van der Waals surface area contributed by atoms with Crippen LogP contribution in [-0.2, 0) is 16.3 Å². The van der Waals surface area contributed by atoms with Crippen LogP contribution in [0.3, 0.4) is 0 Å². The largest absolute Gasteiger partial charge is 0.338 e. The molecule has 1 aliphatic heterocycles. The molecule has 2 rings (SSSR count). The van der Waals surface area contributed by atoms with Crippen LogP contribution in [0.1, 0.15) is 24.8 Å². The Labute approximate surface area is 132 Å². The van der Waals surface area contributed by atoms with Gasteiger partial charge in [-0.2, -0.15) is 0 Å². The second-order valence-electron chi connectivity index (χ2n) is 5.84. The molecule has 6 heteroatoms. The summed E-state index contributed by atoms with van der Waals surface area (Å²) in [5, 5.41) is 2.62. The van der Waals surface area contributed by atoms with E-state index in [9.17, 15) is 13.2 Å². The topological polar surface area (TPSA) is 66.5 Å². The number of nitrogens with zero attached hydrogens (tertiary/aromatic N) is 1. The first-order chi connectivity index (χ1) is 10.5. The van der Waals surface area contributed by atoms with Crippen LogP contribution in [0.5, 0.6) is 0 Å². The maximum atomic E-state index is 12.0. The summed E-state index contributed by atoms with van der Waals surface area (Å²) in [5.41, 5.74) is 1.27. The van der Waals surface area contributed by atoms with Gasteiger partial charge in [-0.25, -0.2) is 13.2 Å². The maximum absolute atomic E-state index is 12.0. The molecule has 1 aliphatic rings. The van der Waals surface area contributed by atoms with Crippen molar-refractivity contribution in [1.29, 1.82) is 0 Å². The molecule has 0 saturated carbocycles. The van der Waals surface area contributed by atoms with E-state index in [4.69, 9.17) is 0 Å². The van der Waals surface area contributed by atoms with E-state index in [0.717, 1.165) is 12.8 Å². The number of hydrogen-bond acceptors (Lipinski definition) is 3. The van der Waals surface area contributed by atoms with E-state index < -0.39 is 9.84 Å². The molecule has 0 atom stereocenters. The van der Waals surface area contributed by atoms with Gasteiger partial charge in [0.05, 0.1) is 5.25 Å². The van der Waals surface area contributed by atoms with Crippen molar-refractivity contribution in [2.75, 3.05) is 25.9 Å². The third-order valence-corrected chi connectivity index (χ3v) is 5.78. The Morgan fingerprint density at radius 2 is 1.86 bits per heavy atom. The Morgan fingerprint density at radius 3 is 2.45 bits per heavy atom. The number of sulfone groups is 1. The molecule has 1 N–H and O–H groups in total. The number of urea groups is 1. The van der Waals surface area contributed by atoms with Crippen molar-refractivity contribution in [2.24, 2.45) is 0 Å². The zero-order valence-electron chi connectivity index (χ0n) is 13.0. The van der Waals surface area contributed by atoms with Crippen molar-refractivity contribution in [3.63, 3.8) is 0 Å². The van der Waals surface area contributed by atoms with Gasteiger partial charge in [0, 0.05) is 25.9 Å². The van der Waals surface area contributed by atoms with E-state index in [0.29, 0.717) is 32.5 Å². The number of nitrogens with one attached hydrogen (secondary N) is 1. The van der Waals surface area contributed by atoms with Crippen LogP contribution in [0, 0.1) is 0 Å². The minimum absolute atomic E-state index is 0.0833. The fourth-order valence-electron chi connectivity index (χ4n) is 2.73. The molecule has 0 radical (unpaired) electrons. The molecule has 1 heterocycles. The van der Waals surface area contributed by atoms with Gasteiger partial charge >= 0.3 is 6.03 Å². The van der Waals surface area contributed by atoms with Gasteiger partial charge < -0.3 is 10.2 Å². The van der Waals surface area contributed by atoms with Gasteiger partial charge in [0.25, 0.3) is 0 Å². The Kier molecular flexibility index (Phi) is 5.83. The van der Waals surface area contributed by atoms with E-state index in [1.807, 2.05) is 18.2 Å². The highest BCUT2D eigenvalue weighted by Crippen LogP contribution is 2.17. The van der Waals surface area contributed by atoms with E-state index in [2.05, 4.69) is 17.4 Å². The van der Waals surface area contributed by atoms with Gasteiger partial charge in [-0.1, -0.05) is 30.3 Å². The summed E-state index contributed by atoms with van der Waals surface area (Å²) in [6, 6.07) is 10.1. The van der Waals surface area contributed by atoms with Gasteiger partial charge in [0.1, 0.15) is 9.84 Å². The number of benzene rings is 1. The fraction of sp³-hybridized carbons (Fsp3) is 0.562. The SMILES string of the molecule is CS(=O)(=O)C1CCN(C(=O)NCCCc2ccccc2)CC1. The van der Waals surface area contributed by atoms with Crippen molar-refractivity contribution >= 4 is 15.9 Å². The first-order valence-corrected chi connectivity index (χ1v) is 9.68. The number of aryl methyl sites for hydroxylation is 1. The molecule has 1 fully saturated rings. The fourth-order valence-corrected chi connectivity index (χ4v) is 3.80. The first kappa shape index (κ1) is 16.8. The van der Waals surface area contributed by atoms with Crippen LogP contribution in [0.4, 0.5) is 4.79 Å². The molecule has 0 bridgehead atoms. The van der Waals surface area contributed by atoms with Crippen LogP contribution >= 0.6 is 0 Å². The lowest BCUT2D eigenvalue weighted by Crippen LogP contribution is -2.47. The van der Waals surface area contributed by atoms with E-state index in [1.54, 1.807) is 4.90 Å². The Balaban J connectivity index is 1.66. The molecule has 5 nitrogen and oxygen atoms in total. The Hall–Kier alpha value is -1.56. The molecular weight excluding hydrogens is 300 g/mol. The normalized spacial score (nSPS) is 16.5. The molecule has 122 valence electrons. The lowest BCUT2D eigenvalue weighted by molar-refractivity contribution is 0.187. The average molecular weight is 324 g/mol. The third kappa shape index (κ3) is 5.02. The molecule has 1 aromatic rings. The number of likely N-dealkylation sites (tertiary alicyclic amines) is 1. The third-order valence-electron chi connectivity index (χ3n) is 4.10. The second kappa shape index (κ2) is 7.63. The van der Waals surface area contributed by atoms with E-state index in [1.165, 1.54) is 11.8 Å². The molecule has 1 aromatic carbocycles. The Bertz CT molecular complexity index is 579. The van der Waals surface area contributed by atoms with Crippen LogP contribution in [0.25, 0.3) is 0 Å². The standard InChI is InChI=1S/C16H24N2O3S/c1-22(20,21)15-9-12-18(13-10-15)16(19)17-11-5-8-14-6-3-2-4-7-14/h2-4,6-7,15H,5,8-13H2,1H3,(H,17,19). The van der Waals surface area contributed by atoms with Crippen molar-refractivity contribution in [3.05, 3.63) is 35.9 Å². The molecule has 22 heavy (non-hydrogen) atoms. The Morgan fingerprint density at radius 1 is 1.23 bits per heavy atom. The van der Waals surface area contributed by atoms with Gasteiger partial charge in [-0.15, -0.1) is 0 Å². The van der Waals surface area contributed by atoms with Gasteiger partial charge in [0.2, 0.25) is 0 Å². The molecular formula is C16H24N2O3S. The highest BCUT2D eigenvalue weighted by molar-refractivity contribution is 7.91. The first-order valence-electron chi connectivity index (χ1n) is 7.72. The lowest BCUT2D eigenvalue weighted by Gasteiger charge is -2.31. The summed E-state index contributed by atoms with van der Waals surface area (Å²) in [5.74, 6) is 0. The van der Waals surface area contributed by atoms with Crippen molar-refractivity contribution in [1.82, 2.24) is 10.2 Å². The molecule has 0 aliphatic carbocycles. The highest BCUT2D eigenvalue weighted by atomic mass is 32.2.